The van der Waals surface area contributed by atoms with Crippen LogP contribution in [0.5, 0.6) is 0 Å². The number of hydrogen-bond acceptors (Lipinski definition) is 3. The molecular formula is C19H12F3N3S. The topological polar surface area (TPSA) is 41.6 Å². The second kappa shape index (κ2) is 6.49. The van der Waals surface area contributed by atoms with Crippen molar-refractivity contribution in [2.75, 3.05) is 0 Å². The molecule has 0 fully saturated rings. The summed E-state index contributed by atoms with van der Waals surface area (Å²) in [6.07, 6.45) is -2.74. The summed E-state index contributed by atoms with van der Waals surface area (Å²) in [6, 6.07) is 17.2. The van der Waals surface area contributed by atoms with Gasteiger partial charge in [-0.15, -0.1) is 0 Å². The molecule has 3 nitrogen and oxygen atoms in total. The molecule has 0 saturated carbocycles. The molecule has 4 aromatic rings. The molecule has 0 spiro atoms. The molecule has 0 aliphatic carbocycles. The summed E-state index contributed by atoms with van der Waals surface area (Å²) in [5.74, 6) is 0. The van der Waals surface area contributed by atoms with Gasteiger partial charge in [0.05, 0.1) is 16.8 Å². The summed E-state index contributed by atoms with van der Waals surface area (Å²) in [6.45, 7) is 0. The number of pyridine rings is 1. The number of aromatic nitrogens is 3. The van der Waals surface area contributed by atoms with Crippen molar-refractivity contribution in [3.63, 3.8) is 0 Å². The summed E-state index contributed by atoms with van der Waals surface area (Å²) < 4.78 is 39.5. The van der Waals surface area contributed by atoms with Crippen LogP contribution in [0.15, 0.2) is 76.9 Å². The first-order valence-electron chi connectivity index (χ1n) is 7.76. The highest BCUT2D eigenvalue weighted by molar-refractivity contribution is 7.99. The smallest absolute Gasteiger partial charge is 0.333 e. The Morgan fingerprint density at radius 1 is 0.885 bits per heavy atom. The molecule has 130 valence electrons. The van der Waals surface area contributed by atoms with Crippen LogP contribution in [0.25, 0.3) is 22.3 Å². The maximum atomic E-state index is 13.2. The molecule has 0 unspecified atom stereocenters. The molecule has 0 atom stereocenters. The van der Waals surface area contributed by atoms with Crippen molar-refractivity contribution in [1.29, 1.82) is 0 Å². The Labute approximate surface area is 151 Å². The fraction of sp³-hybridized carbons (Fsp3) is 0.0526. The van der Waals surface area contributed by atoms with Gasteiger partial charge >= 0.3 is 6.18 Å². The Morgan fingerprint density at radius 2 is 1.69 bits per heavy atom. The number of alkyl halides is 3. The van der Waals surface area contributed by atoms with Crippen LogP contribution in [0, 0.1) is 0 Å². The van der Waals surface area contributed by atoms with Gasteiger partial charge in [-0.05, 0) is 30.3 Å². The Balaban J connectivity index is 1.76. The average molecular weight is 371 g/mol. The number of imidazole rings is 1. The highest BCUT2D eigenvalue weighted by atomic mass is 32.2. The van der Waals surface area contributed by atoms with E-state index in [1.807, 2.05) is 42.5 Å². The summed E-state index contributed by atoms with van der Waals surface area (Å²) in [5, 5.41) is 0.403. The number of nitrogens with zero attached hydrogens (tertiary/aromatic N) is 2. The van der Waals surface area contributed by atoms with E-state index in [0.29, 0.717) is 10.7 Å². The first-order chi connectivity index (χ1) is 12.5. The Bertz CT molecular complexity index is 1060. The molecule has 4 rings (SSSR count). The molecule has 2 aromatic heterocycles. The molecular weight excluding hydrogens is 359 g/mol. The van der Waals surface area contributed by atoms with Gasteiger partial charge in [-0.3, -0.25) is 4.98 Å². The Kier molecular flexibility index (Phi) is 4.16. The lowest BCUT2D eigenvalue weighted by Crippen LogP contribution is -2.05. The predicted octanol–water partition coefficient (Wildman–Crippen LogP) is 5.79. The lowest BCUT2D eigenvalue weighted by Gasteiger charge is -2.07. The lowest BCUT2D eigenvalue weighted by molar-refractivity contribution is -0.136. The number of H-pyrrole nitrogens is 1. The number of benzene rings is 2. The average Bonchev–Trinajstić information content (AvgIpc) is 3.04. The third-order valence-electron chi connectivity index (χ3n) is 3.83. The fourth-order valence-corrected chi connectivity index (χ4v) is 3.62. The van der Waals surface area contributed by atoms with Crippen LogP contribution in [0.4, 0.5) is 13.2 Å². The van der Waals surface area contributed by atoms with Crippen molar-refractivity contribution in [1.82, 2.24) is 15.0 Å². The lowest BCUT2D eigenvalue weighted by atomic mass is 10.1. The number of halogens is 3. The van der Waals surface area contributed by atoms with E-state index in [9.17, 15) is 13.2 Å². The fourth-order valence-electron chi connectivity index (χ4n) is 2.68. The zero-order valence-corrected chi connectivity index (χ0v) is 14.1. The zero-order valence-electron chi connectivity index (χ0n) is 13.3. The maximum Gasteiger partial charge on any atom is 0.418 e. The minimum atomic E-state index is -4.44. The molecule has 0 bridgehead atoms. The van der Waals surface area contributed by atoms with Crippen LogP contribution >= 0.6 is 11.8 Å². The van der Waals surface area contributed by atoms with Gasteiger partial charge in [-0.1, -0.05) is 42.1 Å². The quantitative estimate of drug-likeness (QED) is 0.495. The predicted molar refractivity (Wildman–Crippen MR) is 94.9 cm³/mol. The number of fused-ring (bicyclic) bond motifs is 1. The minimum absolute atomic E-state index is 0.0715. The van der Waals surface area contributed by atoms with E-state index in [2.05, 4.69) is 15.0 Å². The van der Waals surface area contributed by atoms with E-state index in [0.717, 1.165) is 22.2 Å². The summed E-state index contributed by atoms with van der Waals surface area (Å²) in [7, 11) is 0. The number of hydrogen-bond donors (Lipinski definition) is 1. The molecule has 0 amide bonds. The van der Waals surface area contributed by atoms with Crippen molar-refractivity contribution < 1.29 is 13.2 Å². The molecule has 1 N–H and O–H groups in total. The Morgan fingerprint density at radius 3 is 2.46 bits per heavy atom. The summed E-state index contributed by atoms with van der Waals surface area (Å²) >= 11 is 1.28. The van der Waals surface area contributed by atoms with Crippen LogP contribution in [0.3, 0.4) is 0 Å². The number of rotatable bonds is 3. The first kappa shape index (κ1) is 16.7. The SMILES string of the molecule is FC(F)(F)c1cccc2[nH]c(Sc3ccccc3-c3ccccn3)nc12. The van der Waals surface area contributed by atoms with Gasteiger partial charge in [0, 0.05) is 16.7 Å². The minimum Gasteiger partial charge on any atom is -0.333 e. The molecule has 7 heteroatoms. The van der Waals surface area contributed by atoms with Gasteiger partial charge in [0.25, 0.3) is 0 Å². The van der Waals surface area contributed by atoms with E-state index < -0.39 is 11.7 Å². The standard InChI is InChI=1S/C19H12F3N3S/c20-19(21,22)13-7-5-9-15-17(13)25-18(24-15)26-16-10-2-1-6-12(16)14-8-3-4-11-23-14/h1-11H,(H,24,25). The summed E-state index contributed by atoms with van der Waals surface area (Å²) in [5.41, 5.74) is 1.24. The van der Waals surface area contributed by atoms with E-state index in [1.54, 1.807) is 12.3 Å². The third kappa shape index (κ3) is 3.17. The number of nitrogens with one attached hydrogen (secondary N) is 1. The maximum absolute atomic E-state index is 13.2. The molecule has 0 radical (unpaired) electrons. The molecule has 0 saturated heterocycles. The molecule has 26 heavy (non-hydrogen) atoms. The van der Waals surface area contributed by atoms with Crippen LogP contribution in [-0.2, 0) is 6.18 Å². The normalized spacial score (nSPS) is 11.8. The van der Waals surface area contributed by atoms with Crippen LogP contribution in [0.2, 0.25) is 0 Å². The van der Waals surface area contributed by atoms with Crippen molar-refractivity contribution in [3.8, 4) is 11.3 Å². The monoisotopic (exact) mass is 371 g/mol. The van der Waals surface area contributed by atoms with Crippen molar-refractivity contribution >= 4 is 22.8 Å². The van der Waals surface area contributed by atoms with E-state index >= 15 is 0 Å². The highest BCUT2D eigenvalue weighted by Crippen LogP contribution is 2.37. The van der Waals surface area contributed by atoms with Gasteiger partial charge in [0.1, 0.15) is 5.52 Å². The number of para-hydroxylation sites is 1. The highest BCUT2D eigenvalue weighted by Gasteiger charge is 2.33. The Hall–Kier alpha value is -2.80. The van der Waals surface area contributed by atoms with E-state index in [4.69, 9.17) is 0 Å². The van der Waals surface area contributed by atoms with Gasteiger partial charge in [-0.25, -0.2) is 4.98 Å². The van der Waals surface area contributed by atoms with Gasteiger partial charge in [0.15, 0.2) is 5.16 Å². The van der Waals surface area contributed by atoms with Crippen LogP contribution in [0.1, 0.15) is 5.56 Å². The second-order valence-corrected chi connectivity index (χ2v) is 6.59. The van der Waals surface area contributed by atoms with Crippen molar-refractivity contribution in [2.24, 2.45) is 0 Å². The summed E-state index contributed by atoms with van der Waals surface area (Å²) in [4.78, 5) is 12.4. The van der Waals surface area contributed by atoms with Gasteiger partial charge in [-0.2, -0.15) is 13.2 Å². The van der Waals surface area contributed by atoms with Gasteiger partial charge in [0.2, 0.25) is 0 Å². The molecule has 0 aliphatic heterocycles. The number of aromatic amines is 1. The molecule has 2 aromatic carbocycles. The van der Waals surface area contributed by atoms with E-state index in [1.165, 1.54) is 17.8 Å². The van der Waals surface area contributed by atoms with Crippen molar-refractivity contribution in [2.45, 2.75) is 16.2 Å². The first-order valence-corrected chi connectivity index (χ1v) is 8.58. The molecule has 2 heterocycles. The molecule has 0 aliphatic rings. The van der Waals surface area contributed by atoms with Crippen molar-refractivity contribution in [3.05, 3.63) is 72.4 Å². The largest absolute Gasteiger partial charge is 0.418 e. The van der Waals surface area contributed by atoms with E-state index in [-0.39, 0.29) is 5.52 Å². The zero-order chi connectivity index (χ0) is 18.1. The van der Waals surface area contributed by atoms with Crippen LogP contribution in [-0.4, -0.2) is 15.0 Å². The second-order valence-electron chi connectivity index (χ2n) is 5.55. The van der Waals surface area contributed by atoms with Gasteiger partial charge < -0.3 is 4.98 Å². The third-order valence-corrected chi connectivity index (χ3v) is 4.79. The van der Waals surface area contributed by atoms with Crippen LogP contribution < -0.4 is 0 Å².